The van der Waals surface area contributed by atoms with Crippen LogP contribution in [0, 0.1) is 0 Å². The summed E-state index contributed by atoms with van der Waals surface area (Å²) in [6.07, 6.45) is 5.72. The number of carbonyl (C=O) groups is 3. The maximum Gasteiger partial charge on any atom is 0.415 e. The number of hydrogen-bond donors (Lipinski definition) is 1. The summed E-state index contributed by atoms with van der Waals surface area (Å²) in [6.45, 7) is 6.86. The Bertz CT molecular complexity index is 750. The number of Topliss-reactive ketones (excluding diaryl/α,β-unsaturated/α-hetero) is 1. The maximum atomic E-state index is 12.6. The van der Waals surface area contributed by atoms with E-state index in [1.807, 2.05) is 0 Å². The van der Waals surface area contributed by atoms with Crippen molar-refractivity contribution in [1.82, 2.24) is 9.80 Å². The molecule has 0 atom stereocenters. The lowest BCUT2D eigenvalue weighted by Gasteiger charge is -2.39. The Morgan fingerprint density at radius 1 is 1.07 bits per heavy atom. The van der Waals surface area contributed by atoms with E-state index in [0.717, 1.165) is 12.8 Å². The molecule has 0 unspecified atom stereocenters. The highest BCUT2D eigenvalue weighted by molar-refractivity contribution is 6.04. The van der Waals surface area contributed by atoms with E-state index >= 15 is 0 Å². The molecule has 0 saturated carbocycles. The fraction of sp³-hybridized carbons (Fsp3) is 0.591. The van der Waals surface area contributed by atoms with Gasteiger partial charge in [-0.15, -0.1) is 0 Å². The van der Waals surface area contributed by atoms with Gasteiger partial charge in [0.05, 0.1) is 5.69 Å². The van der Waals surface area contributed by atoms with Crippen molar-refractivity contribution in [3.05, 3.63) is 23.8 Å². The SMILES string of the molecule is CCC(=O)c1cc(OC(=O)N2CCC(N3CCCCC3)CC2)ccc1NC(C)=O. The zero-order chi connectivity index (χ0) is 20.8. The van der Waals surface area contributed by atoms with Crippen molar-refractivity contribution in [2.45, 2.75) is 58.4 Å². The van der Waals surface area contributed by atoms with E-state index < -0.39 is 0 Å². The number of amides is 2. The zero-order valence-corrected chi connectivity index (χ0v) is 17.4. The maximum absolute atomic E-state index is 12.6. The molecule has 29 heavy (non-hydrogen) atoms. The van der Waals surface area contributed by atoms with Crippen molar-refractivity contribution in [3.8, 4) is 5.75 Å². The van der Waals surface area contributed by atoms with Gasteiger partial charge in [-0.25, -0.2) is 4.79 Å². The quantitative estimate of drug-likeness (QED) is 0.762. The highest BCUT2D eigenvalue weighted by Gasteiger charge is 2.28. The third-order valence-corrected chi connectivity index (χ3v) is 5.76. The predicted molar refractivity (Wildman–Crippen MR) is 111 cm³/mol. The number of nitrogens with one attached hydrogen (secondary N) is 1. The molecule has 0 aliphatic carbocycles. The summed E-state index contributed by atoms with van der Waals surface area (Å²) in [5.74, 6) is -0.0514. The summed E-state index contributed by atoms with van der Waals surface area (Å²) in [4.78, 5) is 40.5. The van der Waals surface area contributed by atoms with Crippen molar-refractivity contribution < 1.29 is 19.1 Å². The van der Waals surface area contributed by atoms with Crippen molar-refractivity contribution in [2.24, 2.45) is 0 Å². The third kappa shape index (κ3) is 5.56. The van der Waals surface area contributed by atoms with Crippen molar-refractivity contribution >= 4 is 23.5 Å². The minimum absolute atomic E-state index is 0.117. The second-order valence-electron chi connectivity index (χ2n) is 7.85. The second-order valence-corrected chi connectivity index (χ2v) is 7.85. The first kappa shape index (κ1) is 21.3. The fourth-order valence-electron chi connectivity index (χ4n) is 4.17. The zero-order valence-electron chi connectivity index (χ0n) is 17.4. The van der Waals surface area contributed by atoms with E-state index in [-0.39, 0.29) is 17.8 Å². The molecule has 0 spiro atoms. The largest absolute Gasteiger partial charge is 0.415 e. The third-order valence-electron chi connectivity index (χ3n) is 5.76. The summed E-state index contributed by atoms with van der Waals surface area (Å²) >= 11 is 0. The van der Waals surface area contributed by atoms with Crippen LogP contribution in [0.4, 0.5) is 10.5 Å². The molecule has 2 fully saturated rings. The van der Waals surface area contributed by atoms with Gasteiger partial charge in [-0.05, 0) is 57.0 Å². The Morgan fingerprint density at radius 2 is 1.76 bits per heavy atom. The van der Waals surface area contributed by atoms with E-state index in [0.29, 0.717) is 42.6 Å². The van der Waals surface area contributed by atoms with Crippen LogP contribution in [-0.2, 0) is 4.79 Å². The minimum atomic E-state index is -0.385. The molecule has 2 aliphatic rings. The molecule has 0 aromatic heterocycles. The van der Waals surface area contributed by atoms with Crippen LogP contribution in [0.15, 0.2) is 18.2 Å². The molecule has 1 N–H and O–H groups in total. The molecule has 1 aromatic carbocycles. The molecular weight excluding hydrogens is 370 g/mol. The molecule has 7 heteroatoms. The van der Waals surface area contributed by atoms with Gasteiger partial charge < -0.3 is 19.9 Å². The summed E-state index contributed by atoms with van der Waals surface area (Å²) in [6, 6.07) is 5.31. The fourth-order valence-corrected chi connectivity index (χ4v) is 4.17. The number of ether oxygens (including phenoxy) is 1. The average molecular weight is 402 g/mol. The van der Waals surface area contributed by atoms with Crippen molar-refractivity contribution in [1.29, 1.82) is 0 Å². The van der Waals surface area contributed by atoms with Crippen LogP contribution in [0.5, 0.6) is 5.75 Å². The normalized spacial score (nSPS) is 18.3. The first-order valence-corrected chi connectivity index (χ1v) is 10.6. The topological polar surface area (TPSA) is 79.0 Å². The van der Waals surface area contributed by atoms with Crippen LogP contribution < -0.4 is 10.1 Å². The summed E-state index contributed by atoms with van der Waals surface area (Å²) in [5, 5.41) is 2.65. The summed E-state index contributed by atoms with van der Waals surface area (Å²) in [7, 11) is 0. The molecule has 3 rings (SSSR count). The van der Waals surface area contributed by atoms with Gasteiger partial charge in [-0.1, -0.05) is 13.3 Å². The van der Waals surface area contributed by atoms with E-state index in [1.165, 1.54) is 45.3 Å². The number of likely N-dealkylation sites (tertiary alicyclic amines) is 2. The number of hydrogen-bond acceptors (Lipinski definition) is 5. The predicted octanol–water partition coefficient (Wildman–Crippen LogP) is 3.69. The number of piperidine rings is 2. The highest BCUT2D eigenvalue weighted by Crippen LogP contribution is 2.25. The molecule has 0 bridgehead atoms. The number of anilines is 1. The van der Waals surface area contributed by atoms with Crippen LogP contribution in [0.1, 0.15) is 62.7 Å². The van der Waals surface area contributed by atoms with Crippen LogP contribution in [0.25, 0.3) is 0 Å². The standard InChI is InChI=1S/C22H31N3O4/c1-3-21(27)19-15-18(7-8-20(19)23-16(2)26)29-22(28)25-13-9-17(10-14-25)24-11-5-4-6-12-24/h7-8,15,17H,3-6,9-14H2,1-2H3,(H,23,26). The number of nitrogens with zero attached hydrogens (tertiary/aromatic N) is 2. The molecule has 2 aliphatic heterocycles. The average Bonchev–Trinajstić information content (AvgIpc) is 2.74. The van der Waals surface area contributed by atoms with E-state index in [4.69, 9.17) is 4.74 Å². The Morgan fingerprint density at radius 3 is 2.38 bits per heavy atom. The molecule has 2 saturated heterocycles. The minimum Gasteiger partial charge on any atom is -0.410 e. The van der Waals surface area contributed by atoms with Crippen LogP contribution in [0.2, 0.25) is 0 Å². The number of carbonyl (C=O) groups excluding carboxylic acids is 3. The summed E-state index contributed by atoms with van der Waals surface area (Å²) < 4.78 is 5.54. The van der Waals surface area contributed by atoms with Crippen molar-refractivity contribution in [3.63, 3.8) is 0 Å². The Balaban J connectivity index is 1.60. The van der Waals surface area contributed by atoms with E-state index in [1.54, 1.807) is 24.0 Å². The first-order valence-electron chi connectivity index (χ1n) is 10.6. The number of rotatable bonds is 5. The molecule has 0 radical (unpaired) electrons. The summed E-state index contributed by atoms with van der Waals surface area (Å²) in [5.41, 5.74) is 0.795. The van der Waals surface area contributed by atoms with E-state index in [9.17, 15) is 14.4 Å². The Kier molecular flexibility index (Phi) is 7.25. The molecule has 2 heterocycles. The first-order chi connectivity index (χ1) is 14.0. The van der Waals surface area contributed by atoms with E-state index in [2.05, 4.69) is 10.2 Å². The van der Waals surface area contributed by atoms with Gasteiger partial charge in [-0.2, -0.15) is 0 Å². The lowest BCUT2D eigenvalue weighted by molar-refractivity contribution is -0.114. The highest BCUT2D eigenvalue weighted by atomic mass is 16.6. The van der Waals surface area contributed by atoms with Crippen LogP contribution >= 0.6 is 0 Å². The molecule has 158 valence electrons. The van der Waals surface area contributed by atoms with Crippen LogP contribution in [0.3, 0.4) is 0 Å². The van der Waals surface area contributed by atoms with Gasteiger partial charge >= 0.3 is 6.09 Å². The van der Waals surface area contributed by atoms with Gasteiger partial charge in [0.15, 0.2) is 5.78 Å². The lowest BCUT2D eigenvalue weighted by atomic mass is 10.0. The smallest absolute Gasteiger partial charge is 0.410 e. The Hall–Kier alpha value is -2.41. The molecule has 1 aromatic rings. The Labute approximate surface area is 172 Å². The van der Waals surface area contributed by atoms with Gasteiger partial charge in [0, 0.05) is 38.0 Å². The molecular formula is C22H31N3O4. The van der Waals surface area contributed by atoms with Gasteiger partial charge in [0.2, 0.25) is 5.91 Å². The van der Waals surface area contributed by atoms with Gasteiger partial charge in [0.1, 0.15) is 5.75 Å². The van der Waals surface area contributed by atoms with Gasteiger partial charge in [-0.3, -0.25) is 9.59 Å². The van der Waals surface area contributed by atoms with Crippen LogP contribution in [-0.4, -0.2) is 59.8 Å². The van der Waals surface area contributed by atoms with Gasteiger partial charge in [0.25, 0.3) is 0 Å². The molecule has 2 amide bonds. The monoisotopic (exact) mass is 401 g/mol. The van der Waals surface area contributed by atoms with Crippen molar-refractivity contribution in [2.75, 3.05) is 31.5 Å². The lowest BCUT2D eigenvalue weighted by Crippen LogP contribution is -2.48. The number of ketones is 1. The molecule has 7 nitrogen and oxygen atoms in total. The second kappa shape index (κ2) is 9.87. The number of benzene rings is 1.